The Kier molecular flexibility index (Phi) is 5.05. The van der Waals surface area contributed by atoms with Crippen LogP contribution in [-0.4, -0.2) is 6.54 Å². The van der Waals surface area contributed by atoms with Crippen molar-refractivity contribution >= 4 is 15.9 Å². The van der Waals surface area contributed by atoms with Crippen LogP contribution in [0.15, 0.2) is 46.9 Å². The van der Waals surface area contributed by atoms with Gasteiger partial charge in [-0.3, -0.25) is 0 Å². The fraction of sp³-hybridized carbons (Fsp3) is 0.200. The van der Waals surface area contributed by atoms with Gasteiger partial charge < -0.3 is 5.32 Å². The van der Waals surface area contributed by atoms with E-state index in [9.17, 15) is 8.78 Å². The number of nitrogens with one attached hydrogen (secondary N) is 1. The summed E-state index contributed by atoms with van der Waals surface area (Å²) in [4.78, 5) is 0. The van der Waals surface area contributed by atoms with Gasteiger partial charge in [-0.25, -0.2) is 8.78 Å². The highest BCUT2D eigenvalue weighted by Crippen LogP contribution is 2.16. The number of hydrogen-bond acceptors (Lipinski definition) is 1. The lowest BCUT2D eigenvalue weighted by molar-refractivity contribution is 0.596. The predicted molar refractivity (Wildman–Crippen MR) is 75.9 cm³/mol. The fourth-order valence-corrected chi connectivity index (χ4v) is 2.23. The average Bonchev–Trinajstić information content (AvgIpc) is 2.40. The van der Waals surface area contributed by atoms with Crippen LogP contribution in [0.3, 0.4) is 0 Å². The van der Waals surface area contributed by atoms with E-state index in [1.165, 1.54) is 12.1 Å². The fourth-order valence-electron chi connectivity index (χ4n) is 1.81. The van der Waals surface area contributed by atoms with Crippen molar-refractivity contribution in [3.8, 4) is 0 Å². The molecular formula is C15H14BrF2N. The molecule has 4 heteroatoms. The van der Waals surface area contributed by atoms with Crippen molar-refractivity contribution in [1.29, 1.82) is 0 Å². The summed E-state index contributed by atoms with van der Waals surface area (Å²) in [7, 11) is 0. The van der Waals surface area contributed by atoms with Crippen LogP contribution in [0.5, 0.6) is 0 Å². The highest BCUT2D eigenvalue weighted by atomic mass is 79.9. The molecule has 0 fully saturated rings. The standard InChI is InChI=1S/C15H14BrF2N/c16-13-9-11(5-6-15(13)18)10-19-8-7-12-3-1-2-4-14(12)17/h1-6,9,19H,7-8,10H2. The van der Waals surface area contributed by atoms with E-state index in [1.807, 2.05) is 6.07 Å². The molecule has 19 heavy (non-hydrogen) atoms. The van der Waals surface area contributed by atoms with E-state index in [0.29, 0.717) is 29.5 Å². The largest absolute Gasteiger partial charge is 0.312 e. The van der Waals surface area contributed by atoms with E-state index in [4.69, 9.17) is 0 Å². The van der Waals surface area contributed by atoms with Crippen LogP contribution in [0.1, 0.15) is 11.1 Å². The van der Waals surface area contributed by atoms with Crippen LogP contribution in [0.4, 0.5) is 8.78 Å². The molecule has 0 amide bonds. The first-order valence-corrected chi connectivity index (χ1v) is 6.84. The molecule has 0 spiro atoms. The predicted octanol–water partition coefficient (Wildman–Crippen LogP) is 4.06. The Morgan fingerprint density at radius 2 is 1.79 bits per heavy atom. The maximum Gasteiger partial charge on any atom is 0.137 e. The van der Waals surface area contributed by atoms with E-state index in [0.717, 1.165) is 5.56 Å². The molecule has 2 aromatic carbocycles. The smallest absolute Gasteiger partial charge is 0.137 e. The third-order valence-corrected chi connectivity index (χ3v) is 3.45. The summed E-state index contributed by atoms with van der Waals surface area (Å²) < 4.78 is 26.9. The van der Waals surface area contributed by atoms with Gasteiger partial charge in [0.1, 0.15) is 11.6 Å². The summed E-state index contributed by atoms with van der Waals surface area (Å²) in [5.74, 6) is -0.441. The average molecular weight is 326 g/mol. The van der Waals surface area contributed by atoms with Crippen molar-refractivity contribution in [1.82, 2.24) is 5.32 Å². The van der Waals surface area contributed by atoms with Crippen LogP contribution in [0.25, 0.3) is 0 Å². The Morgan fingerprint density at radius 3 is 2.53 bits per heavy atom. The van der Waals surface area contributed by atoms with Gasteiger partial charge in [-0.15, -0.1) is 0 Å². The van der Waals surface area contributed by atoms with Crippen molar-refractivity contribution in [3.63, 3.8) is 0 Å². The third kappa shape index (κ3) is 4.11. The van der Waals surface area contributed by atoms with Crippen LogP contribution >= 0.6 is 15.9 Å². The van der Waals surface area contributed by atoms with E-state index in [2.05, 4.69) is 21.2 Å². The van der Waals surface area contributed by atoms with Crippen molar-refractivity contribution in [2.75, 3.05) is 6.54 Å². The Labute approximate surface area is 119 Å². The van der Waals surface area contributed by atoms with Gasteiger partial charge in [-0.05, 0) is 58.2 Å². The van der Waals surface area contributed by atoms with Gasteiger partial charge in [0.25, 0.3) is 0 Å². The molecule has 2 aromatic rings. The second-order valence-corrected chi connectivity index (χ2v) is 5.12. The van der Waals surface area contributed by atoms with Crippen LogP contribution in [0.2, 0.25) is 0 Å². The summed E-state index contributed by atoms with van der Waals surface area (Å²) in [6.45, 7) is 1.31. The molecule has 1 nitrogen and oxygen atoms in total. The molecular weight excluding hydrogens is 312 g/mol. The Balaban J connectivity index is 1.81. The summed E-state index contributed by atoms with van der Waals surface area (Å²) in [5.41, 5.74) is 1.69. The second-order valence-electron chi connectivity index (χ2n) is 4.27. The minimum Gasteiger partial charge on any atom is -0.312 e. The SMILES string of the molecule is Fc1ccc(CNCCc2ccccc2F)cc1Br. The summed E-state index contributed by atoms with van der Waals surface area (Å²) in [5, 5.41) is 3.21. The highest BCUT2D eigenvalue weighted by Gasteiger charge is 2.02. The van der Waals surface area contributed by atoms with Crippen molar-refractivity contribution in [3.05, 3.63) is 69.7 Å². The van der Waals surface area contributed by atoms with E-state index in [1.54, 1.807) is 24.3 Å². The minimum absolute atomic E-state index is 0.172. The van der Waals surface area contributed by atoms with Gasteiger partial charge in [0.05, 0.1) is 4.47 Å². The van der Waals surface area contributed by atoms with Gasteiger partial charge in [0, 0.05) is 6.54 Å². The van der Waals surface area contributed by atoms with Crippen LogP contribution in [-0.2, 0) is 13.0 Å². The van der Waals surface area contributed by atoms with Gasteiger partial charge in [-0.2, -0.15) is 0 Å². The number of hydrogen-bond donors (Lipinski definition) is 1. The molecule has 1 N–H and O–H groups in total. The molecule has 100 valence electrons. The highest BCUT2D eigenvalue weighted by molar-refractivity contribution is 9.10. The molecule has 0 aliphatic rings. The first kappa shape index (κ1) is 14.2. The molecule has 0 atom stereocenters. The van der Waals surface area contributed by atoms with E-state index < -0.39 is 0 Å². The molecule has 0 aliphatic heterocycles. The monoisotopic (exact) mass is 325 g/mol. The molecule has 0 radical (unpaired) electrons. The molecule has 0 unspecified atom stereocenters. The zero-order valence-electron chi connectivity index (χ0n) is 10.3. The number of rotatable bonds is 5. The molecule has 0 heterocycles. The quantitative estimate of drug-likeness (QED) is 0.817. The first-order chi connectivity index (χ1) is 9.16. The van der Waals surface area contributed by atoms with Crippen LogP contribution in [0, 0.1) is 11.6 Å². The van der Waals surface area contributed by atoms with Crippen molar-refractivity contribution in [2.24, 2.45) is 0 Å². The van der Waals surface area contributed by atoms with Gasteiger partial charge in [-0.1, -0.05) is 24.3 Å². The van der Waals surface area contributed by atoms with Crippen molar-refractivity contribution < 1.29 is 8.78 Å². The van der Waals surface area contributed by atoms with Gasteiger partial charge in [0.15, 0.2) is 0 Å². The summed E-state index contributed by atoms with van der Waals surface area (Å²) in [6, 6.07) is 11.7. The second kappa shape index (κ2) is 6.78. The lowest BCUT2D eigenvalue weighted by Crippen LogP contribution is -2.17. The Morgan fingerprint density at radius 1 is 1.00 bits per heavy atom. The van der Waals surface area contributed by atoms with Crippen LogP contribution < -0.4 is 5.32 Å². The minimum atomic E-state index is -0.268. The molecule has 0 aliphatic carbocycles. The lowest BCUT2D eigenvalue weighted by Gasteiger charge is -2.06. The number of benzene rings is 2. The molecule has 2 rings (SSSR count). The van der Waals surface area contributed by atoms with Gasteiger partial charge in [0.2, 0.25) is 0 Å². The molecule has 0 saturated heterocycles. The third-order valence-electron chi connectivity index (χ3n) is 2.84. The summed E-state index contributed by atoms with van der Waals surface area (Å²) >= 11 is 3.15. The first-order valence-electron chi connectivity index (χ1n) is 6.05. The maximum absolute atomic E-state index is 13.4. The van der Waals surface area contributed by atoms with Gasteiger partial charge >= 0.3 is 0 Å². The van der Waals surface area contributed by atoms with E-state index >= 15 is 0 Å². The number of halogens is 3. The molecule has 0 bridgehead atoms. The van der Waals surface area contributed by atoms with Crippen molar-refractivity contribution in [2.45, 2.75) is 13.0 Å². The maximum atomic E-state index is 13.4. The normalized spacial score (nSPS) is 10.7. The zero-order valence-corrected chi connectivity index (χ0v) is 11.9. The Bertz CT molecular complexity index is 558. The zero-order chi connectivity index (χ0) is 13.7. The van der Waals surface area contributed by atoms with E-state index in [-0.39, 0.29) is 11.6 Å². The topological polar surface area (TPSA) is 12.0 Å². The molecule has 0 aromatic heterocycles. The molecule has 0 saturated carbocycles. The summed E-state index contributed by atoms with van der Waals surface area (Å²) in [6.07, 6.45) is 0.634. The Hall–Kier alpha value is -1.26. The lowest BCUT2D eigenvalue weighted by atomic mass is 10.1.